The average Bonchev–Trinajstić information content (AvgIpc) is 2.13. The Hall–Kier alpha value is -1.59. The zero-order valence-electron chi connectivity index (χ0n) is 4.26. The van der Waals surface area contributed by atoms with Crippen LogP contribution in [0.25, 0.3) is 0 Å². The van der Waals surface area contributed by atoms with Crippen molar-refractivity contribution in [1.29, 1.82) is 0 Å². The van der Waals surface area contributed by atoms with E-state index in [0.29, 0.717) is 0 Å². The molecule has 1 N–H and O–H groups in total. The van der Waals surface area contributed by atoms with Gasteiger partial charge < -0.3 is 15.3 Å². The third-order valence-electron chi connectivity index (χ3n) is 0.792. The summed E-state index contributed by atoms with van der Waals surface area (Å²) in [6, 6.07) is 1.10. The van der Waals surface area contributed by atoms with E-state index in [9.17, 15) is 10.1 Å². The zero-order chi connectivity index (χ0) is 6.85. The molecule has 48 valence electrons. The van der Waals surface area contributed by atoms with Gasteiger partial charge in [-0.2, -0.15) is 0 Å². The fraction of sp³-hybridized carbons (Fsp3) is 0. The topological polar surface area (TPSA) is 81.2 Å². The lowest BCUT2D eigenvalue weighted by Crippen LogP contribution is -1.98. The predicted octanol–water partition coefficient (Wildman–Crippen LogP) is 0.0286. The summed E-state index contributed by atoms with van der Waals surface area (Å²) in [6.07, 6.45) is 1.14. The Balaban J connectivity index is 3.08. The van der Waals surface area contributed by atoms with E-state index in [0.717, 1.165) is 12.3 Å². The van der Waals surface area contributed by atoms with Crippen molar-refractivity contribution in [2.45, 2.75) is 0 Å². The first kappa shape index (κ1) is 5.54. The minimum Gasteiger partial charge on any atom is -0.358 e. The molecule has 0 aliphatic carbocycles. The molecule has 0 atom stereocenters. The Labute approximate surface area is 49.4 Å². The van der Waals surface area contributed by atoms with Crippen molar-refractivity contribution in [2.24, 2.45) is 0 Å². The normalized spacial score (nSPS) is 9.33. The molecule has 0 aromatic carbocycles. The second-order valence-corrected chi connectivity index (χ2v) is 1.34. The summed E-state index contributed by atoms with van der Waals surface area (Å²) >= 11 is 0. The Morgan fingerprint density at radius 2 is 2.56 bits per heavy atom. The van der Waals surface area contributed by atoms with E-state index < -0.39 is 10.7 Å². The van der Waals surface area contributed by atoms with E-state index in [1.165, 1.54) is 0 Å². The molecule has 0 saturated heterocycles. The molecule has 0 unspecified atom stereocenters. The SMILES string of the molecule is O=[N+]([O-])c1ccnn1O. The number of aromatic nitrogens is 2. The standard InChI is InChI=1S/C3H3N3O3/c7-5-3(6(8)9)1-2-4-5/h1-2,7H. The minimum atomic E-state index is -0.729. The van der Waals surface area contributed by atoms with Gasteiger partial charge in [-0.3, -0.25) is 0 Å². The number of nitro groups is 1. The van der Waals surface area contributed by atoms with Gasteiger partial charge in [0.15, 0.2) is 0 Å². The monoisotopic (exact) mass is 129 g/mol. The van der Waals surface area contributed by atoms with Crippen LogP contribution < -0.4 is 0 Å². The molecule has 6 heteroatoms. The molecule has 0 aliphatic heterocycles. The maximum atomic E-state index is 9.87. The molecular weight excluding hydrogens is 126 g/mol. The van der Waals surface area contributed by atoms with Crippen molar-refractivity contribution < 1.29 is 10.1 Å². The number of rotatable bonds is 1. The highest BCUT2D eigenvalue weighted by Gasteiger charge is 2.10. The molecule has 1 heterocycles. The Morgan fingerprint density at radius 3 is 2.78 bits per heavy atom. The number of hydrogen-bond acceptors (Lipinski definition) is 4. The van der Waals surface area contributed by atoms with Crippen LogP contribution in [-0.2, 0) is 0 Å². The van der Waals surface area contributed by atoms with Gasteiger partial charge in [-0.1, -0.05) is 0 Å². The molecule has 0 spiro atoms. The molecular formula is C3H3N3O3. The van der Waals surface area contributed by atoms with Crippen molar-refractivity contribution in [3.05, 3.63) is 22.4 Å². The van der Waals surface area contributed by atoms with Gasteiger partial charge in [0.2, 0.25) is 0 Å². The van der Waals surface area contributed by atoms with E-state index in [1.54, 1.807) is 0 Å². The van der Waals surface area contributed by atoms with Crippen LogP contribution in [0.3, 0.4) is 0 Å². The third-order valence-corrected chi connectivity index (χ3v) is 0.792. The molecule has 0 fully saturated rings. The maximum absolute atomic E-state index is 9.87. The average molecular weight is 129 g/mol. The molecule has 0 aliphatic rings. The zero-order valence-corrected chi connectivity index (χ0v) is 4.26. The van der Waals surface area contributed by atoms with E-state index in [2.05, 4.69) is 5.10 Å². The van der Waals surface area contributed by atoms with Crippen molar-refractivity contribution >= 4 is 5.82 Å². The van der Waals surface area contributed by atoms with Gasteiger partial charge in [-0.25, -0.2) is 0 Å². The lowest BCUT2D eigenvalue weighted by molar-refractivity contribution is -0.397. The summed E-state index contributed by atoms with van der Waals surface area (Å²) in [4.78, 5) is 9.35. The molecule has 1 aromatic heterocycles. The summed E-state index contributed by atoms with van der Waals surface area (Å²) in [5, 5.41) is 21.5. The second-order valence-electron chi connectivity index (χ2n) is 1.34. The minimum absolute atomic E-state index is 0.208. The molecule has 1 aromatic rings. The fourth-order valence-corrected chi connectivity index (χ4v) is 0.423. The van der Waals surface area contributed by atoms with Gasteiger partial charge in [0.05, 0.1) is 17.1 Å². The summed E-state index contributed by atoms with van der Waals surface area (Å²) < 4.78 is 0. The van der Waals surface area contributed by atoms with Crippen LogP contribution in [0.1, 0.15) is 0 Å². The lowest BCUT2D eigenvalue weighted by Gasteiger charge is -1.87. The van der Waals surface area contributed by atoms with Crippen LogP contribution in [0.4, 0.5) is 5.82 Å². The van der Waals surface area contributed by atoms with Crippen molar-refractivity contribution in [3.63, 3.8) is 0 Å². The maximum Gasteiger partial charge on any atom is 0.387 e. The Kier molecular flexibility index (Phi) is 1.07. The van der Waals surface area contributed by atoms with E-state index in [-0.39, 0.29) is 4.85 Å². The van der Waals surface area contributed by atoms with Crippen LogP contribution in [0.5, 0.6) is 0 Å². The highest BCUT2D eigenvalue weighted by molar-refractivity contribution is 5.14. The molecule has 0 radical (unpaired) electrons. The van der Waals surface area contributed by atoms with Crippen LogP contribution in [0.15, 0.2) is 12.3 Å². The largest absolute Gasteiger partial charge is 0.387 e. The van der Waals surface area contributed by atoms with Crippen LogP contribution >= 0.6 is 0 Å². The fourth-order valence-electron chi connectivity index (χ4n) is 0.423. The van der Waals surface area contributed by atoms with Crippen LogP contribution in [0.2, 0.25) is 0 Å². The van der Waals surface area contributed by atoms with Crippen molar-refractivity contribution in [1.82, 2.24) is 9.94 Å². The first-order chi connectivity index (χ1) is 4.22. The molecule has 0 saturated carbocycles. The number of nitrogens with zero attached hydrogens (tertiary/aromatic N) is 3. The molecule has 6 nitrogen and oxygen atoms in total. The van der Waals surface area contributed by atoms with E-state index in [4.69, 9.17) is 5.21 Å². The highest BCUT2D eigenvalue weighted by Crippen LogP contribution is 2.04. The van der Waals surface area contributed by atoms with Gasteiger partial charge in [0.1, 0.15) is 0 Å². The van der Waals surface area contributed by atoms with Crippen LogP contribution in [0, 0.1) is 10.1 Å². The first-order valence-electron chi connectivity index (χ1n) is 2.09. The molecule has 9 heavy (non-hydrogen) atoms. The molecule has 0 bridgehead atoms. The predicted molar refractivity (Wildman–Crippen MR) is 26.1 cm³/mol. The van der Waals surface area contributed by atoms with E-state index >= 15 is 0 Å². The summed E-state index contributed by atoms with van der Waals surface area (Å²) in [5.74, 6) is -0.435. The molecule has 0 amide bonds. The molecule has 1 rings (SSSR count). The summed E-state index contributed by atoms with van der Waals surface area (Å²) in [7, 11) is 0. The van der Waals surface area contributed by atoms with Crippen LogP contribution in [-0.4, -0.2) is 20.1 Å². The van der Waals surface area contributed by atoms with E-state index in [1.807, 2.05) is 0 Å². The first-order valence-corrected chi connectivity index (χ1v) is 2.09. The van der Waals surface area contributed by atoms with Gasteiger partial charge in [-0.05, 0) is 10.0 Å². The van der Waals surface area contributed by atoms with Gasteiger partial charge in [-0.15, -0.1) is 0 Å². The quantitative estimate of drug-likeness (QED) is 0.329. The summed E-state index contributed by atoms with van der Waals surface area (Å²) in [5.41, 5.74) is 0. The number of hydrogen-bond donors (Lipinski definition) is 1. The Bertz CT molecular complexity index is 230. The smallest absolute Gasteiger partial charge is 0.358 e. The Morgan fingerprint density at radius 1 is 1.89 bits per heavy atom. The van der Waals surface area contributed by atoms with Crippen molar-refractivity contribution in [3.8, 4) is 0 Å². The second kappa shape index (κ2) is 1.73. The highest BCUT2D eigenvalue weighted by atomic mass is 16.6. The van der Waals surface area contributed by atoms with Gasteiger partial charge in [0, 0.05) is 0 Å². The van der Waals surface area contributed by atoms with Crippen molar-refractivity contribution in [2.75, 3.05) is 0 Å². The lowest BCUT2D eigenvalue weighted by atomic mass is 10.7. The van der Waals surface area contributed by atoms with Gasteiger partial charge >= 0.3 is 5.82 Å². The summed E-state index contributed by atoms with van der Waals surface area (Å²) in [6.45, 7) is 0. The third kappa shape index (κ3) is 0.809. The van der Waals surface area contributed by atoms with Gasteiger partial charge in [0.25, 0.3) is 0 Å².